The lowest BCUT2D eigenvalue weighted by atomic mass is 10.1. The maximum Gasteiger partial charge on any atom is 0.373 e. The summed E-state index contributed by atoms with van der Waals surface area (Å²) in [5.41, 5.74) is 1.65. The number of rotatable bonds is 8. The summed E-state index contributed by atoms with van der Waals surface area (Å²) in [5, 5.41) is 12.0. The van der Waals surface area contributed by atoms with Crippen LogP contribution in [-0.2, 0) is 22.7 Å². The molecule has 188 valence electrons. The van der Waals surface area contributed by atoms with Crippen LogP contribution in [0.1, 0.15) is 33.0 Å². The van der Waals surface area contributed by atoms with Crippen LogP contribution in [0.25, 0.3) is 6.08 Å². The molecule has 3 aromatic rings. The molecule has 0 spiro atoms. The van der Waals surface area contributed by atoms with Crippen LogP contribution >= 0.6 is 11.6 Å². The van der Waals surface area contributed by atoms with E-state index in [2.05, 4.69) is 16.1 Å². The Morgan fingerprint density at radius 3 is 2.70 bits per heavy atom. The molecular formula is C26H20ClN3O7. The zero-order valence-corrected chi connectivity index (χ0v) is 20.5. The highest BCUT2D eigenvalue weighted by Gasteiger charge is 2.34. The van der Waals surface area contributed by atoms with Gasteiger partial charge in [-0.25, -0.2) is 9.59 Å². The SMILES string of the molecule is COC(=O)c1ccc(CN2C(=O)N/C(=C\c3cc(Cl)c(OCc4ccccc4C#N)c(OC)c3)C2=O)o1. The number of ether oxygens (including phenoxy) is 3. The molecule has 4 rings (SSSR count). The van der Waals surface area contributed by atoms with E-state index in [9.17, 15) is 19.6 Å². The number of carbonyl (C=O) groups is 3. The Labute approximate surface area is 216 Å². The Kier molecular flexibility index (Phi) is 7.46. The highest BCUT2D eigenvalue weighted by atomic mass is 35.5. The van der Waals surface area contributed by atoms with E-state index in [0.29, 0.717) is 22.4 Å². The molecule has 2 heterocycles. The molecule has 11 heteroatoms. The van der Waals surface area contributed by atoms with Crippen LogP contribution in [0.15, 0.2) is 58.6 Å². The van der Waals surface area contributed by atoms with E-state index in [4.69, 9.17) is 25.5 Å². The molecule has 1 aromatic heterocycles. The van der Waals surface area contributed by atoms with Gasteiger partial charge < -0.3 is 23.9 Å². The molecule has 0 aliphatic carbocycles. The minimum atomic E-state index is -0.670. The van der Waals surface area contributed by atoms with Crippen molar-refractivity contribution in [2.24, 2.45) is 0 Å². The van der Waals surface area contributed by atoms with Crippen LogP contribution < -0.4 is 14.8 Å². The summed E-state index contributed by atoms with van der Waals surface area (Å²) in [6.07, 6.45) is 1.45. The van der Waals surface area contributed by atoms with Gasteiger partial charge in [0, 0.05) is 5.56 Å². The average Bonchev–Trinajstić information content (AvgIpc) is 3.47. The fraction of sp³-hybridized carbons (Fsp3) is 0.154. The molecule has 1 N–H and O–H groups in total. The molecule has 0 unspecified atom stereocenters. The number of urea groups is 1. The molecule has 2 aromatic carbocycles. The standard InChI is InChI=1S/C26H20ClN3O7/c1-34-22-11-15(9-19(27)23(22)36-14-17-6-4-3-5-16(17)12-28)10-20-24(31)30(26(33)29-20)13-18-7-8-21(37-18)25(32)35-2/h3-11H,13-14H2,1-2H3,(H,29,33)/b20-10-. The van der Waals surface area contributed by atoms with Gasteiger partial charge in [-0.1, -0.05) is 29.8 Å². The van der Waals surface area contributed by atoms with Crippen LogP contribution in [-0.4, -0.2) is 37.0 Å². The summed E-state index contributed by atoms with van der Waals surface area (Å²) in [7, 11) is 2.65. The van der Waals surface area contributed by atoms with E-state index in [1.54, 1.807) is 36.4 Å². The number of furan rings is 1. The Morgan fingerprint density at radius 2 is 1.97 bits per heavy atom. The van der Waals surface area contributed by atoms with Crippen LogP contribution in [0, 0.1) is 11.3 Å². The van der Waals surface area contributed by atoms with E-state index in [0.717, 1.165) is 4.90 Å². The van der Waals surface area contributed by atoms with Gasteiger partial charge in [-0.15, -0.1) is 0 Å². The fourth-order valence-electron chi connectivity index (χ4n) is 3.58. The van der Waals surface area contributed by atoms with Gasteiger partial charge in [0.25, 0.3) is 5.91 Å². The highest BCUT2D eigenvalue weighted by molar-refractivity contribution is 6.32. The van der Waals surface area contributed by atoms with Gasteiger partial charge in [0.1, 0.15) is 18.1 Å². The molecule has 1 fully saturated rings. The van der Waals surface area contributed by atoms with Crippen LogP contribution in [0.3, 0.4) is 0 Å². The maximum absolute atomic E-state index is 12.9. The summed E-state index contributed by atoms with van der Waals surface area (Å²) in [6.45, 7) is -0.0890. The molecule has 1 saturated heterocycles. The Balaban J connectivity index is 1.52. The smallest absolute Gasteiger partial charge is 0.373 e. The van der Waals surface area contributed by atoms with Crippen molar-refractivity contribution in [3.63, 3.8) is 0 Å². The number of nitrogens with one attached hydrogen (secondary N) is 1. The van der Waals surface area contributed by atoms with Crippen molar-refractivity contribution in [1.82, 2.24) is 10.2 Å². The maximum atomic E-state index is 12.9. The topological polar surface area (TPSA) is 131 Å². The molecule has 37 heavy (non-hydrogen) atoms. The Hall–Kier alpha value is -4.75. The zero-order chi connectivity index (χ0) is 26.5. The zero-order valence-electron chi connectivity index (χ0n) is 19.7. The van der Waals surface area contributed by atoms with Crippen molar-refractivity contribution in [1.29, 1.82) is 5.26 Å². The summed E-state index contributed by atoms with van der Waals surface area (Å²) in [4.78, 5) is 37.8. The number of halogens is 1. The quantitative estimate of drug-likeness (QED) is 0.264. The van der Waals surface area contributed by atoms with E-state index in [1.807, 2.05) is 0 Å². The van der Waals surface area contributed by atoms with E-state index in [-0.39, 0.29) is 41.1 Å². The summed E-state index contributed by atoms with van der Waals surface area (Å²) in [5.74, 6) is -0.508. The van der Waals surface area contributed by atoms with Crippen molar-refractivity contribution < 1.29 is 33.0 Å². The molecule has 1 aliphatic rings. The minimum absolute atomic E-state index is 0.0134. The number of nitriles is 1. The number of methoxy groups -OCH3 is 2. The first-order valence-electron chi connectivity index (χ1n) is 10.8. The lowest BCUT2D eigenvalue weighted by Gasteiger charge is -2.14. The third kappa shape index (κ3) is 5.42. The number of hydrogen-bond acceptors (Lipinski definition) is 8. The van der Waals surface area contributed by atoms with Gasteiger partial charge in [-0.05, 0) is 42.0 Å². The molecule has 1 aliphatic heterocycles. The fourth-order valence-corrected chi connectivity index (χ4v) is 3.85. The number of nitrogens with zero attached hydrogens (tertiary/aromatic N) is 2. The van der Waals surface area contributed by atoms with Crippen molar-refractivity contribution in [3.8, 4) is 17.6 Å². The van der Waals surface area contributed by atoms with E-state index in [1.165, 1.54) is 32.4 Å². The third-order valence-electron chi connectivity index (χ3n) is 5.40. The average molecular weight is 522 g/mol. The van der Waals surface area contributed by atoms with Crippen LogP contribution in [0.5, 0.6) is 11.5 Å². The molecule has 0 atom stereocenters. The Morgan fingerprint density at radius 1 is 1.19 bits per heavy atom. The van der Waals surface area contributed by atoms with Gasteiger partial charge in [0.2, 0.25) is 5.76 Å². The first-order valence-corrected chi connectivity index (χ1v) is 11.2. The molecule has 0 radical (unpaired) electrons. The van der Waals surface area contributed by atoms with E-state index < -0.39 is 17.9 Å². The lowest BCUT2D eigenvalue weighted by molar-refractivity contribution is -0.123. The monoisotopic (exact) mass is 521 g/mol. The molecule has 0 bridgehead atoms. The summed E-state index contributed by atoms with van der Waals surface area (Å²) >= 11 is 6.45. The first kappa shape index (κ1) is 25.3. The number of esters is 1. The minimum Gasteiger partial charge on any atom is -0.493 e. The second-order valence-corrected chi connectivity index (χ2v) is 8.14. The number of amides is 3. The van der Waals surface area contributed by atoms with E-state index >= 15 is 0 Å². The van der Waals surface area contributed by atoms with Crippen LogP contribution in [0.4, 0.5) is 4.79 Å². The van der Waals surface area contributed by atoms with Crippen LogP contribution in [0.2, 0.25) is 5.02 Å². The highest BCUT2D eigenvalue weighted by Crippen LogP contribution is 2.38. The van der Waals surface area contributed by atoms with Gasteiger partial charge in [-0.2, -0.15) is 5.26 Å². The lowest BCUT2D eigenvalue weighted by Crippen LogP contribution is -2.30. The predicted octanol–water partition coefficient (Wildman–Crippen LogP) is 4.27. The predicted molar refractivity (Wildman–Crippen MR) is 131 cm³/mol. The van der Waals surface area contributed by atoms with Crippen molar-refractivity contribution in [3.05, 3.63) is 87.5 Å². The Bertz CT molecular complexity index is 1450. The molecule has 10 nitrogen and oxygen atoms in total. The van der Waals surface area contributed by atoms with Gasteiger partial charge in [0.15, 0.2) is 11.5 Å². The van der Waals surface area contributed by atoms with Crippen molar-refractivity contribution in [2.45, 2.75) is 13.2 Å². The van der Waals surface area contributed by atoms with Crippen molar-refractivity contribution >= 4 is 35.6 Å². The van der Waals surface area contributed by atoms with Gasteiger partial charge in [0.05, 0.1) is 37.4 Å². The third-order valence-corrected chi connectivity index (χ3v) is 5.68. The normalized spacial score (nSPS) is 13.9. The van der Waals surface area contributed by atoms with Crippen molar-refractivity contribution in [2.75, 3.05) is 14.2 Å². The van der Waals surface area contributed by atoms with Gasteiger partial charge >= 0.3 is 12.0 Å². The number of imide groups is 1. The number of carbonyl (C=O) groups excluding carboxylic acids is 3. The molecule has 0 saturated carbocycles. The number of benzene rings is 2. The molecular weight excluding hydrogens is 502 g/mol. The largest absolute Gasteiger partial charge is 0.493 e. The van der Waals surface area contributed by atoms with Gasteiger partial charge in [-0.3, -0.25) is 9.69 Å². The first-order chi connectivity index (χ1) is 17.8. The summed E-state index contributed by atoms with van der Waals surface area (Å²) < 4.78 is 21.2. The molecule has 3 amide bonds. The second kappa shape index (κ2) is 10.9. The second-order valence-electron chi connectivity index (χ2n) is 7.73. The number of hydrogen-bond donors (Lipinski definition) is 1. The summed E-state index contributed by atoms with van der Waals surface area (Å²) in [6, 6.07) is 14.5.